The van der Waals surface area contributed by atoms with Crippen molar-refractivity contribution in [3.63, 3.8) is 0 Å². The van der Waals surface area contributed by atoms with Crippen molar-refractivity contribution in [1.82, 2.24) is 0 Å². The molecule has 0 bridgehead atoms. The fourth-order valence-corrected chi connectivity index (χ4v) is 4.28. The quantitative estimate of drug-likeness (QED) is 0.451. The van der Waals surface area contributed by atoms with Crippen LogP contribution in [0.15, 0.2) is 54.6 Å². The third-order valence-electron chi connectivity index (χ3n) is 4.45. The molecule has 0 radical (unpaired) electrons. The van der Waals surface area contributed by atoms with Gasteiger partial charge in [-0.25, -0.2) is 0 Å². The summed E-state index contributed by atoms with van der Waals surface area (Å²) in [6.45, 7) is 8.36. The van der Waals surface area contributed by atoms with Crippen LogP contribution in [-0.2, 0) is 0 Å². The van der Waals surface area contributed by atoms with Gasteiger partial charge in [-0.05, 0) is 52.8 Å². The molecule has 0 fully saturated rings. The van der Waals surface area contributed by atoms with Crippen molar-refractivity contribution in [3.05, 3.63) is 70.6 Å². The number of hydrogen-bond acceptors (Lipinski definition) is 1. The van der Waals surface area contributed by atoms with Gasteiger partial charge in [0.25, 0.3) is 0 Å². The Hall–Kier alpha value is -2.38. The predicted octanol–water partition coefficient (Wildman–Crippen LogP) is 5.24. The molecule has 3 aromatic carbocycles. The number of benzene rings is 3. The minimum Gasteiger partial charge on any atom is -0.135 e. The summed E-state index contributed by atoms with van der Waals surface area (Å²) in [5, 5.41) is 6.28. The standard InChI is InChI=1S/C22H18S/c1-4-17-15(3)7-10-19-18(17)11-12-21-20(19)13-22(23-21)16-8-5-14(2)6-9-16/h4-13H,3H2,1-2H3/b17-4+. The summed E-state index contributed by atoms with van der Waals surface area (Å²) >= 11 is 1.86. The van der Waals surface area contributed by atoms with E-state index < -0.39 is 0 Å². The molecule has 0 spiro atoms. The maximum atomic E-state index is 4.15. The van der Waals surface area contributed by atoms with Crippen LogP contribution in [0.5, 0.6) is 0 Å². The van der Waals surface area contributed by atoms with Gasteiger partial charge in [-0.1, -0.05) is 60.7 Å². The minimum atomic E-state index is 1.09. The first kappa shape index (κ1) is 14.2. The van der Waals surface area contributed by atoms with E-state index in [4.69, 9.17) is 0 Å². The molecule has 0 saturated carbocycles. The van der Waals surface area contributed by atoms with Crippen LogP contribution in [0.4, 0.5) is 0 Å². The van der Waals surface area contributed by atoms with Crippen LogP contribution < -0.4 is 10.4 Å². The number of thiophene rings is 1. The van der Waals surface area contributed by atoms with Gasteiger partial charge in [-0.15, -0.1) is 11.3 Å². The van der Waals surface area contributed by atoms with Crippen LogP contribution in [0, 0.1) is 6.92 Å². The molecule has 0 aliphatic heterocycles. The molecule has 0 unspecified atom stereocenters. The lowest BCUT2D eigenvalue weighted by molar-refractivity contribution is 1.48. The Labute approximate surface area is 140 Å². The minimum absolute atomic E-state index is 1.09. The van der Waals surface area contributed by atoms with Gasteiger partial charge in [0.15, 0.2) is 0 Å². The Morgan fingerprint density at radius 3 is 2.35 bits per heavy atom. The maximum absolute atomic E-state index is 4.15. The van der Waals surface area contributed by atoms with Crippen LogP contribution in [0.25, 0.3) is 44.0 Å². The third kappa shape index (κ3) is 2.29. The van der Waals surface area contributed by atoms with E-state index in [1.807, 2.05) is 11.3 Å². The molecular weight excluding hydrogens is 296 g/mol. The van der Waals surface area contributed by atoms with E-state index in [2.05, 4.69) is 81.1 Å². The molecule has 4 aromatic rings. The molecule has 1 aromatic heterocycles. The zero-order valence-corrected chi connectivity index (χ0v) is 14.2. The molecule has 0 saturated heterocycles. The van der Waals surface area contributed by atoms with Crippen molar-refractivity contribution in [2.45, 2.75) is 13.8 Å². The molecule has 1 heterocycles. The molecule has 0 aliphatic rings. The second kappa shape index (κ2) is 5.36. The zero-order chi connectivity index (χ0) is 16.0. The fraction of sp³-hybridized carbons (Fsp3) is 0.0909. The first-order valence-electron chi connectivity index (χ1n) is 7.85. The normalized spacial score (nSPS) is 12.3. The highest BCUT2D eigenvalue weighted by atomic mass is 32.1. The van der Waals surface area contributed by atoms with E-state index in [-0.39, 0.29) is 0 Å². The Kier molecular flexibility index (Phi) is 3.32. The van der Waals surface area contributed by atoms with E-state index in [0.717, 1.165) is 5.22 Å². The Balaban J connectivity index is 2.04. The molecule has 0 aliphatic carbocycles. The maximum Gasteiger partial charge on any atom is 0.0355 e. The van der Waals surface area contributed by atoms with Crippen LogP contribution in [0.2, 0.25) is 0 Å². The monoisotopic (exact) mass is 314 g/mol. The van der Waals surface area contributed by atoms with Gasteiger partial charge in [0.05, 0.1) is 0 Å². The first-order valence-corrected chi connectivity index (χ1v) is 8.66. The lowest BCUT2D eigenvalue weighted by Gasteiger charge is -2.01. The summed E-state index contributed by atoms with van der Waals surface area (Å²) in [5.41, 5.74) is 2.59. The molecule has 112 valence electrons. The van der Waals surface area contributed by atoms with E-state index in [1.54, 1.807) is 0 Å². The summed E-state index contributed by atoms with van der Waals surface area (Å²) in [6.07, 6.45) is 2.16. The topological polar surface area (TPSA) is 0 Å². The lowest BCUT2D eigenvalue weighted by atomic mass is 10.0. The van der Waals surface area contributed by atoms with E-state index in [0.29, 0.717) is 0 Å². The fourth-order valence-electron chi connectivity index (χ4n) is 3.20. The Morgan fingerprint density at radius 1 is 0.870 bits per heavy atom. The second-order valence-corrected chi connectivity index (χ2v) is 7.06. The van der Waals surface area contributed by atoms with Gasteiger partial charge in [0, 0.05) is 15.0 Å². The highest BCUT2D eigenvalue weighted by Crippen LogP contribution is 2.36. The van der Waals surface area contributed by atoms with Gasteiger partial charge in [0.2, 0.25) is 0 Å². The van der Waals surface area contributed by atoms with Crippen LogP contribution in [0.3, 0.4) is 0 Å². The number of fused-ring (bicyclic) bond motifs is 3. The van der Waals surface area contributed by atoms with Crippen molar-refractivity contribution in [3.8, 4) is 10.4 Å². The number of aryl methyl sites for hydroxylation is 1. The molecule has 0 nitrogen and oxygen atoms in total. The van der Waals surface area contributed by atoms with E-state index in [9.17, 15) is 0 Å². The van der Waals surface area contributed by atoms with Gasteiger partial charge in [0.1, 0.15) is 0 Å². The lowest BCUT2D eigenvalue weighted by Crippen LogP contribution is -2.22. The van der Waals surface area contributed by atoms with Gasteiger partial charge in [-0.3, -0.25) is 0 Å². The summed E-state index contributed by atoms with van der Waals surface area (Å²) in [4.78, 5) is 1.33. The Bertz CT molecular complexity index is 1130. The first-order chi connectivity index (χ1) is 11.2. The SMILES string of the molecule is C=c1ccc2c(ccc3sc(-c4ccc(C)cc4)cc32)/c1=C/C. The van der Waals surface area contributed by atoms with Crippen molar-refractivity contribution < 1.29 is 0 Å². The highest BCUT2D eigenvalue weighted by Gasteiger charge is 2.08. The van der Waals surface area contributed by atoms with Gasteiger partial charge in [-0.2, -0.15) is 0 Å². The van der Waals surface area contributed by atoms with Gasteiger partial charge < -0.3 is 0 Å². The molecular formula is C22H18S. The molecule has 0 N–H and O–H groups in total. The average molecular weight is 314 g/mol. The second-order valence-electron chi connectivity index (χ2n) is 5.98. The van der Waals surface area contributed by atoms with Crippen molar-refractivity contribution in [1.29, 1.82) is 0 Å². The number of rotatable bonds is 1. The molecule has 0 amide bonds. The van der Waals surface area contributed by atoms with Gasteiger partial charge >= 0.3 is 0 Å². The smallest absolute Gasteiger partial charge is 0.0355 e. The number of hydrogen-bond donors (Lipinski definition) is 0. The van der Waals surface area contributed by atoms with Crippen molar-refractivity contribution in [2.75, 3.05) is 0 Å². The van der Waals surface area contributed by atoms with Crippen LogP contribution in [0.1, 0.15) is 12.5 Å². The molecule has 0 atom stereocenters. The average Bonchev–Trinajstić information content (AvgIpc) is 2.99. The van der Waals surface area contributed by atoms with Crippen LogP contribution >= 0.6 is 11.3 Å². The van der Waals surface area contributed by atoms with Crippen molar-refractivity contribution in [2.24, 2.45) is 0 Å². The summed E-state index contributed by atoms with van der Waals surface area (Å²) < 4.78 is 1.34. The van der Waals surface area contributed by atoms with Crippen LogP contribution in [-0.4, -0.2) is 0 Å². The van der Waals surface area contributed by atoms with E-state index >= 15 is 0 Å². The summed E-state index contributed by atoms with van der Waals surface area (Å²) in [5.74, 6) is 0. The zero-order valence-electron chi connectivity index (χ0n) is 13.4. The van der Waals surface area contributed by atoms with E-state index in [1.165, 1.54) is 42.1 Å². The molecule has 1 heteroatoms. The summed E-state index contributed by atoms with van der Waals surface area (Å²) in [6, 6.07) is 19.9. The highest BCUT2D eigenvalue weighted by molar-refractivity contribution is 7.22. The largest absolute Gasteiger partial charge is 0.135 e. The predicted molar refractivity (Wildman–Crippen MR) is 104 cm³/mol. The Morgan fingerprint density at radius 2 is 1.61 bits per heavy atom. The third-order valence-corrected chi connectivity index (χ3v) is 5.60. The van der Waals surface area contributed by atoms with Crippen molar-refractivity contribution >= 4 is 44.9 Å². The summed E-state index contributed by atoms with van der Waals surface area (Å²) in [7, 11) is 0. The molecule has 23 heavy (non-hydrogen) atoms. The molecule has 4 rings (SSSR count).